The molecule has 11 aromatic rings. The first-order valence-corrected chi connectivity index (χ1v) is 19.9. The van der Waals surface area contributed by atoms with Gasteiger partial charge in [-0.25, -0.2) is 4.98 Å². The van der Waals surface area contributed by atoms with Crippen molar-refractivity contribution in [3.05, 3.63) is 219 Å². The van der Waals surface area contributed by atoms with Crippen LogP contribution < -0.4 is 4.90 Å². The van der Waals surface area contributed by atoms with Crippen molar-refractivity contribution in [3.63, 3.8) is 0 Å². The van der Waals surface area contributed by atoms with Crippen molar-refractivity contribution in [2.24, 2.45) is 0 Å². The molecule has 59 heavy (non-hydrogen) atoms. The van der Waals surface area contributed by atoms with E-state index in [4.69, 9.17) is 9.97 Å². The van der Waals surface area contributed by atoms with Crippen molar-refractivity contribution in [3.8, 4) is 44.8 Å². The highest BCUT2D eigenvalue weighted by molar-refractivity contribution is 6.09. The second kappa shape index (κ2) is 14.5. The molecule has 0 N–H and O–H groups in total. The number of hydrogen-bond donors (Lipinski definition) is 0. The third kappa shape index (κ3) is 6.43. The molecule has 0 fully saturated rings. The van der Waals surface area contributed by atoms with Gasteiger partial charge in [0.15, 0.2) is 0 Å². The Kier molecular flexibility index (Phi) is 8.45. The van der Waals surface area contributed by atoms with E-state index in [9.17, 15) is 0 Å². The maximum absolute atomic E-state index is 5.19. The van der Waals surface area contributed by atoms with E-state index in [2.05, 4.69) is 186 Å². The van der Waals surface area contributed by atoms with Gasteiger partial charge in [0, 0.05) is 51.4 Å². The standard InChI is InChI=1S/C55H36N4/c1-3-9-37(10-4-1)41-21-28-50-43(33-41)15-16-44-35-49(27-29-51(44)50)59(47-23-17-38(18-24-47)42-22-30-52-45(34-42)13-7-31-56-52)48-25-19-39(20-26-48)53-36-46-14-8-32-57-54(46)55(58-53)40-11-5-2-6-12-40/h1-36H. The molecule has 0 atom stereocenters. The first-order valence-electron chi connectivity index (χ1n) is 19.9. The molecule has 0 bridgehead atoms. The Bertz CT molecular complexity index is 3310. The van der Waals surface area contributed by atoms with Crippen LogP contribution in [-0.2, 0) is 0 Å². The quantitative estimate of drug-likeness (QED) is 0.152. The predicted octanol–water partition coefficient (Wildman–Crippen LogP) is 14.6. The minimum absolute atomic E-state index is 0.882. The molecule has 0 aliphatic rings. The zero-order chi connectivity index (χ0) is 39.1. The SMILES string of the molecule is c1ccc(-c2ccc3c(ccc4cc(N(c5ccc(-c6ccc7ncccc7c6)cc5)c5ccc(-c6cc7cccnc7c(-c7ccccc7)n6)cc5)ccc43)c2)cc1. The smallest absolute Gasteiger partial charge is 0.0972 e. The summed E-state index contributed by atoms with van der Waals surface area (Å²) in [4.78, 5) is 16.8. The van der Waals surface area contributed by atoms with Crippen LogP contribution in [0.25, 0.3) is 88.1 Å². The molecule has 0 aliphatic heterocycles. The lowest BCUT2D eigenvalue weighted by molar-refractivity contribution is 1.28. The number of anilines is 3. The van der Waals surface area contributed by atoms with Gasteiger partial charge < -0.3 is 4.90 Å². The van der Waals surface area contributed by atoms with Crippen molar-refractivity contribution in [1.29, 1.82) is 0 Å². The summed E-state index contributed by atoms with van der Waals surface area (Å²) in [5.41, 5.74) is 13.7. The summed E-state index contributed by atoms with van der Waals surface area (Å²) in [5.74, 6) is 0. The van der Waals surface area contributed by atoms with Crippen molar-refractivity contribution in [2.45, 2.75) is 0 Å². The maximum atomic E-state index is 5.19. The van der Waals surface area contributed by atoms with Gasteiger partial charge in [-0.1, -0.05) is 133 Å². The third-order valence-corrected chi connectivity index (χ3v) is 11.3. The molecule has 0 saturated heterocycles. The summed E-state index contributed by atoms with van der Waals surface area (Å²) >= 11 is 0. The van der Waals surface area contributed by atoms with Crippen LogP contribution in [0, 0.1) is 0 Å². The molecule has 3 aromatic heterocycles. The van der Waals surface area contributed by atoms with Gasteiger partial charge in [-0.3, -0.25) is 9.97 Å². The number of rotatable bonds is 7. The Hall–Kier alpha value is -7.95. The van der Waals surface area contributed by atoms with Gasteiger partial charge in [0.25, 0.3) is 0 Å². The van der Waals surface area contributed by atoms with Crippen LogP contribution >= 0.6 is 0 Å². The fourth-order valence-corrected chi connectivity index (χ4v) is 8.32. The van der Waals surface area contributed by atoms with Gasteiger partial charge in [0.2, 0.25) is 0 Å². The van der Waals surface area contributed by atoms with Gasteiger partial charge in [-0.15, -0.1) is 0 Å². The largest absolute Gasteiger partial charge is 0.310 e. The summed E-state index contributed by atoms with van der Waals surface area (Å²) in [6.45, 7) is 0. The average Bonchev–Trinajstić information content (AvgIpc) is 3.32. The van der Waals surface area contributed by atoms with Crippen LogP contribution in [0.4, 0.5) is 17.1 Å². The minimum Gasteiger partial charge on any atom is -0.310 e. The zero-order valence-electron chi connectivity index (χ0n) is 32.1. The van der Waals surface area contributed by atoms with Crippen molar-refractivity contribution >= 4 is 60.4 Å². The Morgan fingerprint density at radius 1 is 0.322 bits per heavy atom. The van der Waals surface area contributed by atoms with Crippen LogP contribution in [0.5, 0.6) is 0 Å². The topological polar surface area (TPSA) is 41.9 Å². The van der Waals surface area contributed by atoms with E-state index >= 15 is 0 Å². The first-order chi connectivity index (χ1) is 29.2. The average molecular weight is 753 g/mol. The molecule has 4 nitrogen and oxygen atoms in total. The van der Waals surface area contributed by atoms with E-state index in [1.54, 1.807) is 0 Å². The second-order valence-electron chi connectivity index (χ2n) is 14.9. The van der Waals surface area contributed by atoms with Crippen LogP contribution in [0.15, 0.2) is 219 Å². The van der Waals surface area contributed by atoms with Gasteiger partial charge in [-0.05, 0) is 117 Å². The number of benzene rings is 8. The summed E-state index contributed by atoms with van der Waals surface area (Å²) in [5, 5.41) is 7.08. The molecule has 0 saturated carbocycles. The van der Waals surface area contributed by atoms with E-state index in [1.807, 2.05) is 42.7 Å². The molecular formula is C55H36N4. The normalized spacial score (nSPS) is 11.4. The Labute approximate surface area is 342 Å². The molecule has 4 heteroatoms. The number of pyridine rings is 3. The van der Waals surface area contributed by atoms with E-state index in [0.717, 1.165) is 72.5 Å². The lowest BCUT2D eigenvalue weighted by Crippen LogP contribution is -2.10. The molecule has 11 rings (SSSR count). The van der Waals surface area contributed by atoms with E-state index in [1.165, 1.54) is 32.7 Å². The van der Waals surface area contributed by atoms with Gasteiger partial charge in [0.1, 0.15) is 0 Å². The monoisotopic (exact) mass is 752 g/mol. The fourth-order valence-electron chi connectivity index (χ4n) is 8.32. The molecule has 276 valence electrons. The third-order valence-electron chi connectivity index (χ3n) is 11.3. The summed E-state index contributed by atoms with van der Waals surface area (Å²) in [6.07, 6.45) is 3.68. The minimum atomic E-state index is 0.882. The van der Waals surface area contributed by atoms with Gasteiger partial charge in [0.05, 0.1) is 22.4 Å². The highest BCUT2D eigenvalue weighted by atomic mass is 15.1. The van der Waals surface area contributed by atoms with Gasteiger partial charge >= 0.3 is 0 Å². The number of nitrogens with zero attached hydrogens (tertiary/aromatic N) is 4. The lowest BCUT2D eigenvalue weighted by atomic mass is 9.97. The Morgan fingerprint density at radius 3 is 1.59 bits per heavy atom. The maximum Gasteiger partial charge on any atom is 0.0972 e. The highest BCUT2D eigenvalue weighted by Crippen LogP contribution is 2.40. The van der Waals surface area contributed by atoms with E-state index < -0.39 is 0 Å². The van der Waals surface area contributed by atoms with Crippen molar-refractivity contribution in [1.82, 2.24) is 15.0 Å². The van der Waals surface area contributed by atoms with Crippen LogP contribution in [0.3, 0.4) is 0 Å². The molecule has 3 heterocycles. The Balaban J connectivity index is 1.00. The second-order valence-corrected chi connectivity index (χ2v) is 14.9. The molecule has 0 amide bonds. The summed E-state index contributed by atoms with van der Waals surface area (Å²) in [6, 6.07) is 73.4. The number of aromatic nitrogens is 3. The predicted molar refractivity (Wildman–Crippen MR) is 246 cm³/mol. The van der Waals surface area contributed by atoms with Gasteiger partial charge in [-0.2, -0.15) is 0 Å². The van der Waals surface area contributed by atoms with E-state index in [0.29, 0.717) is 0 Å². The van der Waals surface area contributed by atoms with Crippen LogP contribution in [-0.4, -0.2) is 15.0 Å². The number of hydrogen-bond acceptors (Lipinski definition) is 4. The highest BCUT2D eigenvalue weighted by Gasteiger charge is 2.17. The molecule has 0 aliphatic carbocycles. The molecule has 0 spiro atoms. The number of fused-ring (bicyclic) bond motifs is 5. The Morgan fingerprint density at radius 2 is 0.864 bits per heavy atom. The molecule has 8 aromatic carbocycles. The molecule has 0 unspecified atom stereocenters. The lowest BCUT2D eigenvalue weighted by Gasteiger charge is -2.26. The first kappa shape index (κ1) is 34.3. The fraction of sp³-hybridized carbons (Fsp3) is 0. The van der Waals surface area contributed by atoms with Crippen LogP contribution in [0.2, 0.25) is 0 Å². The van der Waals surface area contributed by atoms with Crippen molar-refractivity contribution in [2.75, 3.05) is 4.90 Å². The van der Waals surface area contributed by atoms with Crippen LogP contribution in [0.1, 0.15) is 0 Å². The van der Waals surface area contributed by atoms with Crippen molar-refractivity contribution < 1.29 is 0 Å². The zero-order valence-corrected chi connectivity index (χ0v) is 32.1. The summed E-state index contributed by atoms with van der Waals surface area (Å²) < 4.78 is 0. The summed E-state index contributed by atoms with van der Waals surface area (Å²) in [7, 11) is 0. The van der Waals surface area contributed by atoms with E-state index in [-0.39, 0.29) is 0 Å². The molecule has 0 radical (unpaired) electrons. The molecular weight excluding hydrogens is 717 g/mol.